The Bertz CT molecular complexity index is 1280. The van der Waals surface area contributed by atoms with Crippen LogP contribution in [0, 0.1) is 10.1 Å². The summed E-state index contributed by atoms with van der Waals surface area (Å²) < 4.78 is 28.5. The molecular weight excluding hydrogens is 446 g/mol. The quantitative estimate of drug-likeness (QED) is 0.296. The molecule has 172 valence electrons. The van der Waals surface area contributed by atoms with Gasteiger partial charge >= 0.3 is 0 Å². The van der Waals surface area contributed by atoms with Crippen LogP contribution in [0.4, 0.5) is 11.4 Å². The molecule has 0 radical (unpaired) electrons. The number of anilines is 1. The first-order chi connectivity index (χ1) is 15.8. The predicted octanol–water partition coefficient (Wildman–Crippen LogP) is 2.21. The average molecular weight is 470 g/mol. The summed E-state index contributed by atoms with van der Waals surface area (Å²) in [5.74, 6) is -0.305. The summed E-state index contributed by atoms with van der Waals surface area (Å²) in [6, 6.07) is 13.3. The fourth-order valence-electron chi connectivity index (χ4n) is 3.88. The van der Waals surface area contributed by atoms with Crippen LogP contribution in [0.5, 0.6) is 0 Å². The smallest absolute Gasteiger partial charge is 0.293 e. The Balaban J connectivity index is 1.50. The number of benzene rings is 2. The maximum atomic E-state index is 12.8. The van der Waals surface area contributed by atoms with E-state index in [9.17, 15) is 23.3 Å². The number of hydrogen-bond donors (Lipinski definition) is 0. The Morgan fingerprint density at radius 2 is 1.79 bits per heavy atom. The number of piperazine rings is 1. The molecule has 10 nitrogen and oxygen atoms in total. The van der Waals surface area contributed by atoms with Crippen LogP contribution in [0.1, 0.15) is 21.7 Å². The fraction of sp³-hybridized carbons (Fsp3) is 0.273. The number of carbonyl (C=O) groups excluding carboxylic acids is 1. The normalized spacial score (nSPS) is 14.9. The van der Waals surface area contributed by atoms with Gasteiger partial charge in [0, 0.05) is 57.3 Å². The molecule has 0 atom stereocenters. The zero-order valence-corrected chi connectivity index (χ0v) is 18.8. The van der Waals surface area contributed by atoms with Crippen molar-refractivity contribution < 1.29 is 18.1 Å². The molecule has 0 bridgehead atoms. The lowest BCUT2D eigenvalue weighted by atomic mass is 10.1. The number of aryl methyl sites for hydroxylation is 1. The fourth-order valence-corrected chi connectivity index (χ4v) is 5.39. The van der Waals surface area contributed by atoms with Crippen LogP contribution in [0.3, 0.4) is 0 Å². The number of rotatable bonds is 7. The number of carbonyl (C=O) groups is 1. The molecule has 0 unspecified atom stereocenters. The molecule has 0 amide bonds. The van der Waals surface area contributed by atoms with E-state index in [4.69, 9.17) is 0 Å². The van der Waals surface area contributed by atoms with E-state index in [2.05, 4.69) is 4.98 Å². The second-order valence-corrected chi connectivity index (χ2v) is 9.75. The highest BCUT2D eigenvalue weighted by Gasteiger charge is 2.30. The number of nitrogens with zero attached hydrogens (tertiary/aromatic N) is 5. The molecule has 1 aromatic heterocycles. The van der Waals surface area contributed by atoms with Crippen LogP contribution >= 0.6 is 0 Å². The lowest BCUT2D eigenvalue weighted by molar-refractivity contribution is -0.384. The van der Waals surface area contributed by atoms with E-state index in [-0.39, 0.29) is 35.9 Å². The minimum absolute atomic E-state index is 0.0853. The molecule has 33 heavy (non-hydrogen) atoms. The molecule has 11 heteroatoms. The molecular formula is C22H23N5O5S. The molecule has 1 saturated heterocycles. The number of nitro benzene ring substituents is 1. The maximum Gasteiger partial charge on any atom is 0.293 e. The van der Waals surface area contributed by atoms with E-state index >= 15 is 0 Å². The predicted molar refractivity (Wildman–Crippen MR) is 123 cm³/mol. The minimum Gasteiger partial charge on any atom is -0.363 e. The van der Waals surface area contributed by atoms with Crippen molar-refractivity contribution >= 4 is 27.2 Å². The van der Waals surface area contributed by atoms with Gasteiger partial charge in [-0.15, -0.1) is 0 Å². The summed E-state index contributed by atoms with van der Waals surface area (Å²) >= 11 is 0. The van der Waals surface area contributed by atoms with Gasteiger partial charge in [-0.3, -0.25) is 14.9 Å². The van der Waals surface area contributed by atoms with Crippen molar-refractivity contribution in [1.82, 2.24) is 13.9 Å². The van der Waals surface area contributed by atoms with Crippen LogP contribution < -0.4 is 4.90 Å². The van der Waals surface area contributed by atoms with Crippen LogP contribution in [-0.4, -0.2) is 59.2 Å². The second kappa shape index (κ2) is 9.12. The van der Waals surface area contributed by atoms with Gasteiger partial charge in [0.2, 0.25) is 15.8 Å². The Labute approximate surface area is 191 Å². The second-order valence-electron chi connectivity index (χ2n) is 7.78. The van der Waals surface area contributed by atoms with Gasteiger partial charge in [-0.05, 0) is 17.7 Å². The standard InChI is InChI=1S/C22H23N5O5S/c1-24-10-9-23-22(24)21(28)18-7-8-19(20(15-18)27(29)30)25-11-13-26(14-12-25)33(31,32)16-17-5-3-2-4-6-17/h2-10,15H,11-14,16H2,1H3. The number of hydrogen-bond acceptors (Lipinski definition) is 7. The third-order valence-electron chi connectivity index (χ3n) is 5.62. The van der Waals surface area contributed by atoms with Crippen molar-refractivity contribution in [3.8, 4) is 0 Å². The average Bonchev–Trinajstić information content (AvgIpc) is 3.24. The van der Waals surface area contributed by atoms with Gasteiger partial charge in [-0.25, -0.2) is 13.4 Å². The topological polar surface area (TPSA) is 119 Å². The Morgan fingerprint density at radius 1 is 1.09 bits per heavy atom. The van der Waals surface area contributed by atoms with Gasteiger partial charge in [0.15, 0.2) is 5.82 Å². The molecule has 0 spiro atoms. The van der Waals surface area contributed by atoms with Crippen LogP contribution in [0.25, 0.3) is 0 Å². The van der Waals surface area contributed by atoms with Crippen LogP contribution in [0.2, 0.25) is 0 Å². The first kappa shape index (κ1) is 22.6. The molecule has 0 saturated carbocycles. The Kier molecular flexibility index (Phi) is 6.25. The number of sulfonamides is 1. The third kappa shape index (κ3) is 4.78. The molecule has 1 aliphatic rings. The van der Waals surface area contributed by atoms with Crippen molar-refractivity contribution in [2.45, 2.75) is 5.75 Å². The summed E-state index contributed by atoms with van der Waals surface area (Å²) in [6.07, 6.45) is 3.11. The summed E-state index contributed by atoms with van der Waals surface area (Å²) in [5.41, 5.74) is 1.04. The molecule has 1 aliphatic heterocycles. The summed E-state index contributed by atoms with van der Waals surface area (Å²) in [5, 5.41) is 11.8. The maximum absolute atomic E-state index is 12.8. The Hall–Kier alpha value is -3.57. The highest BCUT2D eigenvalue weighted by Crippen LogP contribution is 2.31. The first-order valence-electron chi connectivity index (χ1n) is 10.3. The van der Waals surface area contributed by atoms with Crippen molar-refractivity contribution in [1.29, 1.82) is 0 Å². The van der Waals surface area contributed by atoms with E-state index in [0.717, 1.165) is 0 Å². The van der Waals surface area contributed by atoms with Crippen molar-refractivity contribution in [2.24, 2.45) is 7.05 Å². The van der Waals surface area contributed by atoms with Gasteiger partial charge < -0.3 is 9.47 Å². The van der Waals surface area contributed by atoms with E-state index in [1.54, 1.807) is 53.0 Å². The van der Waals surface area contributed by atoms with E-state index in [0.29, 0.717) is 24.3 Å². The van der Waals surface area contributed by atoms with Gasteiger partial charge in [0.1, 0.15) is 5.69 Å². The molecule has 3 aromatic rings. The summed E-state index contributed by atoms with van der Waals surface area (Å²) in [6.45, 7) is 1.06. The highest BCUT2D eigenvalue weighted by molar-refractivity contribution is 7.88. The summed E-state index contributed by atoms with van der Waals surface area (Å²) in [7, 11) is -1.82. The van der Waals surface area contributed by atoms with Crippen molar-refractivity contribution in [3.63, 3.8) is 0 Å². The molecule has 2 aromatic carbocycles. The molecule has 0 aliphatic carbocycles. The van der Waals surface area contributed by atoms with E-state index in [1.807, 2.05) is 6.07 Å². The van der Waals surface area contributed by atoms with Gasteiger partial charge in [-0.2, -0.15) is 4.31 Å². The number of aromatic nitrogens is 2. The van der Waals surface area contributed by atoms with Gasteiger partial charge in [0.05, 0.1) is 10.7 Å². The zero-order valence-electron chi connectivity index (χ0n) is 18.0. The molecule has 2 heterocycles. The SMILES string of the molecule is Cn1ccnc1C(=O)c1ccc(N2CCN(S(=O)(=O)Cc3ccccc3)CC2)c([N+](=O)[O-])c1. The lowest BCUT2D eigenvalue weighted by Gasteiger charge is -2.35. The van der Waals surface area contributed by atoms with Crippen molar-refractivity contribution in [3.05, 3.63) is 88.0 Å². The zero-order chi connectivity index (χ0) is 23.6. The van der Waals surface area contributed by atoms with E-state index in [1.165, 1.54) is 22.6 Å². The molecule has 1 fully saturated rings. The lowest BCUT2D eigenvalue weighted by Crippen LogP contribution is -2.49. The van der Waals surface area contributed by atoms with Crippen LogP contribution in [0.15, 0.2) is 60.9 Å². The first-order valence-corrected chi connectivity index (χ1v) is 11.9. The monoisotopic (exact) mass is 469 g/mol. The minimum atomic E-state index is -3.50. The van der Waals surface area contributed by atoms with Crippen LogP contribution in [-0.2, 0) is 22.8 Å². The molecule has 4 rings (SSSR count). The number of imidazole rings is 1. The third-order valence-corrected chi connectivity index (χ3v) is 7.47. The Morgan fingerprint density at radius 3 is 2.39 bits per heavy atom. The van der Waals surface area contributed by atoms with E-state index < -0.39 is 20.7 Å². The number of nitro groups is 1. The highest BCUT2D eigenvalue weighted by atomic mass is 32.2. The van der Waals surface area contributed by atoms with Gasteiger partial charge in [0.25, 0.3) is 5.69 Å². The number of ketones is 1. The molecule has 0 N–H and O–H groups in total. The largest absolute Gasteiger partial charge is 0.363 e. The van der Waals surface area contributed by atoms with Gasteiger partial charge in [-0.1, -0.05) is 30.3 Å². The summed E-state index contributed by atoms with van der Waals surface area (Å²) in [4.78, 5) is 29.7. The van der Waals surface area contributed by atoms with Crippen molar-refractivity contribution in [2.75, 3.05) is 31.1 Å².